The molecule has 2 aliphatic rings. The van der Waals surface area contributed by atoms with E-state index < -0.39 is 10.8 Å². The largest absolute Gasteiger partial charge is 0.361 e. The number of carbonyl (C=O) groups excluding carboxylic acids is 3. The summed E-state index contributed by atoms with van der Waals surface area (Å²) < 4.78 is -1.22. The molecule has 0 saturated carbocycles. The number of benzene rings is 3. The number of likely N-dealkylation sites (tertiary alicyclic amines) is 2. The SMILES string of the molecule is C[C@H](c1ccc(Cl)cc1)N1C(=O)C[C@](Sc2ccccc2)(C(=O)N2CCCC(=O)C2)[C@@H]1c1c[nH]c2cc(Cl)ccc12. The minimum Gasteiger partial charge on any atom is -0.361 e. The summed E-state index contributed by atoms with van der Waals surface area (Å²) in [5.74, 6) is -0.272. The maximum Gasteiger partial charge on any atom is 0.242 e. The van der Waals surface area contributed by atoms with Gasteiger partial charge in [0.15, 0.2) is 5.78 Å². The average molecular weight is 607 g/mol. The molecule has 41 heavy (non-hydrogen) atoms. The molecule has 6 rings (SSSR count). The Hall–Kier alpha value is -3.26. The van der Waals surface area contributed by atoms with E-state index in [0.29, 0.717) is 29.4 Å². The summed E-state index contributed by atoms with van der Waals surface area (Å²) in [6, 6.07) is 21.8. The second-order valence-corrected chi connectivity index (χ2v) is 13.0. The Bertz CT molecular complexity index is 1620. The van der Waals surface area contributed by atoms with Crippen molar-refractivity contribution in [2.75, 3.05) is 13.1 Å². The van der Waals surface area contributed by atoms with Gasteiger partial charge >= 0.3 is 0 Å². The highest BCUT2D eigenvalue weighted by Gasteiger charge is 2.61. The quantitative estimate of drug-likeness (QED) is 0.251. The van der Waals surface area contributed by atoms with E-state index in [0.717, 1.165) is 26.9 Å². The molecule has 6 nitrogen and oxygen atoms in total. The second-order valence-electron chi connectivity index (χ2n) is 10.7. The van der Waals surface area contributed by atoms with Gasteiger partial charge in [0.1, 0.15) is 4.75 Å². The van der Waals surface area contributed by atoms with Gasteiger partial charge < -0.3 is 14.8 Å². The van der Waals surface area contributed by atoms with Crippen molar-refractivity contribution < 1.29 is 14.4 Å². The molecule has 2 aliphatic heterocycles. The monoisotopic (exact) mass is 605 g/mol. The lowest BCUT2D eigenvalue weighted by molar-refractivity contribution is -0.140. The highest BCUT2D eigenvalue weighted by Crippen LogP contribution is 2.56. The maximum atomic E-state index is 14.8. The summed E-state index contributed by atoms with van der Waals surface area (Å²) in [6.07, 6.45) is 2.97. The minimum absolute atomic E-state index is 0.00105. The fraction of sp³-hybridized carbons (Fsp3) is 0.281. The predicted octanol–water partition coefficient (Wildman–Crippen LogP) is 7.23. The molecule has 2 fully saturated rings. The highest BCUT2D eigenvalue weighted by atomic mass is 35.5. The van der Waals surface area contributed by atoms with Crippen molar-refractivity contribution in [3.05, 3.63) is 100 Å². The van der Waals surface area contributed by atoms with Crippen molar-refractivity contribution in [2.24, 2.45) is 0 Å². The number of hydrogen-bond donors (Lipinski definition) is 1. The second kappa shape index (κ2) is 11.2. The van der Waals surface area contributed by atoms with E-state index in [1.165, 1.54) is 11.8 Å². The number of Topliss-reactive ketones (excluding diaryl/α,β-unsaturated/α-hetero) is 1. The van der Waals surface area contributed by atoms with Crippen LogP contribution >= 0.6 is 35.0 Å². The molecular formula is C32H29Cl2N3O3S. The number of rotatable bonds is 6. The van der Waals surface area contributed by atoms with Gasteiger partial charge in [-0.1, -0.05) is 59.6 Å². The molecule has 0 bridgehead atoms. The van der Waals surface area contributed by atoms with Crippen molar-refractivity contribution >= 4 is 63.5 Å². The number of thioether (sulfide) groups is 1. The molecule has 0 spiro atoms. The molecule has 9 heteroatoms. The van der Waals surface area contributed by atoms with Crippen LogP contribution < -0.4 is 0 Å². The maximum absolute atomic E-state index is 14.8. The Morgan fingerprint density at radius 3 is 2.49 bits per heavy atom. The van der Waals surface area contributed by atoms with E-state index in [4.69, 9.17) is 23.2 Å². The normalized spacial score (nSPS) is 22.0. The van der Waals surface area contributed by atoms with E-state index in [9.17, 15) is 14.4 Å². The summed E-state index contributed by atoms with van der Waals surface area (Å²) in [5.41, 5.74) is 2.57. The number of nitrogens with zero attached hydrogens (tertiary/aromatic N) is 2. The molecule has 210 valence electrons. The van der Waals surface area contributed by atoms with Crippen molar-refractivity contribution in [2.45, 2.75) is 47.9 Å². The molecule has 4 aromatic rings. The molecule has 0 unspecified atom stereocenters. The molecule has 0 aliphatic carbocycles. The summed E-state index contributed by atoms with van der Waals surface area (Å²) in [6.45, 7) is 2.53. The number of ketones is 1. The van der Waals surface area contributed by atoms with Gasteiger partial charge in [0, 0.05) is 50.6 Å². The van der Waals surface area contributed by atoms with Gasteiger partial charge in [0.2, 0.25) is 11.8 Å². The lowest BCUT2D eigenvalue weighted by atomic mass is 9.89. The molecule has 0 radical (unpaired) electrons. The lowest BCUT2D eigenvalue weighted by Gasteiger charge is -2.41. The summed E-state index contributed by atoms with van der Waals surface area (Å²) in [4.78, 5) is 49.2. The third kappa shape index (κ3) is 5.16. The number of amides is 2. The van der Waals surface area contributed by atoms with Crippen LogP contribution in [0.5, 0.6) is 0 Å². The van der Waals surface area contributed by atoms with Gasteiger partial charge in [-0.15, -0.1) is 11.8 Å². The first-order valence-corrected chi connectivity index (χ1v) is 15.2. The first-order valence-electron chi connectivity index (χ1n) is 13.6. The molecule has 3 atom stereocenters. The Kier molecular flexibility index (Phi) is 7.62. The average Bonchev–Trinajstić information content (AvgIpc) is 3.50. The van der Waals surface area contributed by atoms with Crippen LogP contribution in [0.1, 0.15) is 49.4 Å². The van der Waals surface area contributed by atoms with Gasteiger partial charge in [-0.3, -0.25) is 14.4 Å². The minimum atomic E-state index is -1.22. The van der Waals surface area contributed by atoms with Crippen molar-refractivity contribution in [1.29, 1.82) is 0 Å². The summed E-state index contributed by atoms with van der Waals surface area (Å²) >= 11 is 13.9. The van der Waals surface area contributed by atoms with Crippen LogP contribution in [0, 0.1) is 0 Å². The van der Waals surface area contributed by atoms with Crippen LogP contribution in [0.2, 0.25) is 10.0 Å². The first kappa shape index (κ1) is 27.9. The van der Waals surface area contributed by atoms with Crippen LogP contribution in [0.3, 0.4) is 0 Å². The fourth-order valence-electron chi connectivity index (χ4n) is 6.18. The molecular weight excluding hydrogens is 577 g/mol. The van der Waals surface area contributed by atoms with E-state index in [2.05, 4.69) is 4.98 Å². The topological polar surface area (TPSA) is 73.5 Å². The molecule has 2 amide bonds. The van der Waals surface area contributed by atoms with Crippen molar-refractivity contribution in [3.8, 4) is 0 Å². The number of nitrogens with one attached hydrogen (secondary N) is 1. The van der Waals surface area contributed by atoms with E-state index in [-0.39, 0.29) is 36.6 Å². The zero-order chi connectivity index (χ0) is 28.7. The molecule has 1 N–H and O–H groups in total. The Morgan fingerprint density at radius 2 is 1.76 bits per heavy atom. The molecule has 3 heterocycles. The molecule has 2 saturated heterocycles. The third-order valence-corrected chi connectivity index (χ3v) is 10.0. The number of H-pyrrole nitrogens is 1. The number of aromatic nitrogens is 1. The van der Waals surface area contributed by atoms with Gasteiger partial charge in [-0.25, -0.2) is 0 Å². The van der Waals surface area contributed by atoms with Crippen molar-refractivity contribution in [1.82, 2.24) is 14.8 Å². The lowest BCUT2D eigenvalue weighted by Crippen LogP contribution is -2.53. The highest BCUT2D eigenvalue weighted by molar-refractivity contribution is 8.01. The van der Waals surface area contributed by atoms with E-state index >= 15 is 0 Å². The molecule has 3 aromatic carbocycles. The summed E-state index contributed by atoms with van der Waals surface area (Å²) in [5, 5.41) is 2.09. The number of piperidine rings is 1. The van der Waals surface area contributed by atoms with E-state index in [1.807, 2.05) is 90.8 Å². The van der Waals surface area contributed by atoms with Gasteiger partial charge in [-0.2, -0.15) is 0 Å². The Balaban J connectivity index is 1.56. The van der Waals surface area contributed by atoms with Crippen molar-refractivity contribution in [3.63, 3.8) is 0 Å². The number of aromatic amines is 1. The summed E-state index contributed by atoms with van der Waals surface area (Å²) in [7, 11) is 0. The number of hydrogen-bond acceptors (Lipinski definition) is 4. The van der Waals surface area contributed by atoms with Gasteiger partial charge in [-0.05, 0) is 55.3 Å². The third-order valence-electron chi connectivity index (χ3n) is 8.11. The number of carbonyl (C=O) groups is 3. The van der Waals surface area contributed by atoms with Crippen LogP contribution in [0.25, 0.3) is 10.9 Å². The number of halogens is 2. The first-order chi connectivity index (χ1) is 19.8. The van der Waals surface area contributed by atoms with E-state index in [1.54, 1.807) is 4.90 Å². The smallest absolute Gasteiger partial charge is 0.242 e. The zero-order valence-electron chi connectivity index (χ0n) is 22.5. The van der Waals surface area contributed by atoms with Gasteiger partial charge in [0.25, 0.3) is 0 Å². The fourth-order valence-corrected chi connectivity index (χ4v) is 7.95. The zero-order valence-corrected chi connectivity index (χ0v) is 24.8. The van der Waals surface area contributed by atoms with Gasteiger partial charge in [0.05, 0.1) is 25.0 Å². The standard InChI is InChI=1S/C32H29Cl2N3O3S/c1-20(21-9-11-22(33)12-10-21)37-29(39)17-32(41-25-7-3-2-4-8-25,31(40)36-15-5-6-24(38)19-36)30(37)27-18-35-28-16-23(34)13-14-26(27)28/h2-4,7-14,16,18,20,30,35H,5-6,15,17,19H2,1H3/t20-,30+,32-/m1/s1. The van der Waals surface area contributed by atoms with Crippen LogP contribution in [-0.4, -0.2) is 50.2 Å². The van der Waals surface area contributed by atoms with Crippen LogP contribution in [0.15, 0.2) is 83.9 Å². The van der Waals surface area contributed by atoms with Crippen LogP contribution in [-0.2, 0) is 14.4 Å². The number of fused-ring (bicyclic) bond motifs is 1. The van der Waals surface area contributed by atoms with Crippen LogP contribution in [0.4, 0.5) is 0 Å². The Labute approximate surface area is 253 Å². The molecule has 1 aromatic heterocycles. The predicted molar refractivity (Wildman–Crippen MR) is 163 cm³/mol. The Morgan fingerprint density at radius 1 is 1.02 bits per heavy atom.